The number of thiophene rings is 1. The summed E-state index contributed by atoms with van der Waals surface area (Å²) in [6, 6.07) is 0. The van der Waals surface area contributed by atoms with Gasteiger partial charge in [-0.2, -0.15) is 8.42 Å². The Morgan fingerprint density at radius 1 is 1.38 bits per heavy atom. The summed E-state index contributed by atoms with van der Waals surface area (Å²) in [6.07, 6.45) is 0.976. The number of carbonyl (C=O) groups excluding carboxylic acids is 1. The molecule has 1 aliphatic rings. The number of aromatic nitrogens is 2. The van der Waals surface area contributed by atoms with Crippen molar-refractivity contribution in [2.45, 2.75) is 25.5 Å². The van der Waals surface area contributed by atoms with Crippen LogP contribution in [0.3, 0.4) is 0 Å². The van der Waals surface area contributed by atoms with Gasteiger partial charge in [0.05, 0.1) is 5.39 Å². The first-order valence-corrected chi connectivity index (χ1v) is 8.50. The molecule has 0 aromatic carbocycles. The van der Waals surface area contributed by atoms with Crippen LogP contribution in [0.25, 0.3) is 10.2 Å². The normalized spacial score (nSPS) is 19.7. The molecule has 1 unspecified atom stereocenters. The Hall–Kier alpha value is -1.61. The molecule has 1 amide bonds. The molecule has 21 heavy (non-hydrogen) atoms. The first kappa shape index (κ1) is 14.3. The van der Waals surface area contributed by atoms with Crippen LogP contribution < -0.4 is 4.90 Å². The maximum Gasteiger partial charge on any atom is 0.307 e. The number of halogens is 1. The molecule has 9 heteroatoms. The first-order chi connectivity index (χ1) is 9.79. The van der Waals surface area contributed by atoms with Gasteiger partial charge < -0.3 is 0 Å². The summed E-state index contributed by atoms with van der Waals surface area (Å²) in [7, 11) is -4.74. The molecule has 0 radical (unpaired) electrons. The second-order valence-corrected chi connectivity index (χ2v) is 7.79. The molecule has 112 valence electrons. The van der Waals surface area contributed by atoms with E-state index in [0.717, 1.165) is 20.7 Å². The summed E-state index contributed by atoms with van der Waals surface area (Å²) < 4.78 is 35.1. The third-order valence-electron chi connectivity index (χ3n) is 3.69. The van der Waals surface area contributed by atoms with E-state index >= 15 is 0 Å². The molecular formula is C12H12FN3O3S2. The van der Waals surface area contributed by atoms with Crippen LogP contribution >= 0.6 is 11.3 Å². The van der Waals surface area contributed by atoms with Crippen LogP contribution in [0.4, 0.5) is 9.70 Å². The Morgan fingerprint density at radius 3 is 2.71 bits per heavy atom. The van der Waals surface area contributed by atoms with Gasteiger partial charge in [0.25, 0.3) is 0 Å². The van der Waals surface area contributed by atoms with Crippen LogP contribution in [0.15, 0.2) is 6.33 Å². The Labute approximate surface area is 124 Å². The second kappa shape index (κ2) is 4.70. The van der Waals surface area contributed by atoms with E-state index in [0.29, 0.717) is 5.82 Å². The fourth-order valence-corrected chi connectivity index (χ4v) is 4.10. The third-order valence-corrected chi connectivity index (χ3v) is 5.92. The molecule has 0 bridgehead atoms. The van der Waals surface area contributed by atoms with Crippen molar-refractivity contribution in [2.24, 2.45) is 0 Å². The smallest absolute Gasteiger partial charge is 0.295 e. The number of hydrogen-bond acceptors (Lipinski definition) is 6. The lowest BCUT2D eigenvalue weighted by molar-refractivity contribution is -0.117. The van der Waals surface area contributed by atoms with Crippen molar-refractivity contribution in [1.82, 2.24) is 9.97 Å². The molecule has 2 aromatic heterocycles. The van der Waals surface area contributed by atoms with Crippen LogP contribution in [0.2, 0.25) is 0 Å². The molecule has 1 saturated heterocycles. The van der Waals surface area contributed by atoms with Crippen LogP contribution in [0.5, 0.6) is 0 Å². The Balaban J connectivity index is 2.11. The van der Waals surface area contributed by atoms with Crippen molar-refractivity contribution < 1.29 is 17.1 Å². The largest absolute Gasteiger partial charge is 0.307 e. The second-order valence-electron chi connectivity index (χ2n) is 4.97. The highest BCUT2D eigenvalue weighted by atomic mass is 32.3. The fourth-order valence-electron chi connectivity index (χ4n) is 2.44. The third kappa shape index (κ3) is 2.30. The van der Waals surface area contributed by atoms with Gasteiger partial charge in [-0.05, 0) is 19.4 Å². The molecule has 3 heterocycles. The monoisotopic (exact) mass is 329 g/mol. The number of aryl methyl sites for hydroxylation is 2. The highest BCUT2D eigenvalue weighted by Crippen LogP contribution is 2.36. The van der Waals surface area contributed by atoms with Gasteiger partial charge in [0.15, 0.2) is 0 Å². The van der Waals surface area contributed by atoms with Gasteiger partial charge >= 0.3 is 10.2 Å². The maximum atomic E-state index is 13.1. The summed E-state index contributed by atoms with van der Waals surface area (Å²) in [6.45, 7) is 3.62. The number of carbonyl (C=O) groups is 1. The highest BCUT2D eigenvalue weighted by Gasteiger charge is 2.40. The van der Waals surface area contributed by atoms with Crippen LogP contribution in [-0.2, 0) is 15.0 Å². The minimum Gasteiger partial charge on any atom is -0.295 e. The zero-order chi connectivity index (χ0) is 15.4. The quantitative estimate of drug-likeness (QED) is 0.784. The molecule has 0 aliphatic carbocycles. The van der Waals surface area contributed by atoms with Crippen molar-refractivity contribution >= 4 is 43.5 Å². The molecule has 2 aromatic rings. The lowest BCUT2D eigenvalue weighted by Gasteiger charge is -2.16. The van der Waals surface area contributed by atoms with Crippen LogP contribution in [0.1, 0.15) is 16.9 Å². The first-order valence-electron chi connectivity index (χ1n) is 6.23. The Morgan fingerprint density at radius 2 is 2.10 bits per heavy atom. The van der Waals surface area contributed by atoms with E-state index in [1.807, 2.05) is 13.8 Å². The van der Waals surface area contributed by atoms with E-state index in [2.05, 4.69) is 9.97 Å². The fraction of sp³-hybridized carbons (Fsp3) is 0.417. The van der Waals surface area contributed by atoms with Crippen molar-refractivity contribution in [2.75, 3.05) is 11.4 Å². The van der Waals surface area contributed by atoms with Crippen molar-refractivity contribution in [3.63, 3.8) is 0 Å². The van der Waals surface area contributed by atoms with Crippen molar-refractivity contribution in [3.8, 4) is 0 Å². The molecule has 0 saturated carbocycles. The van der Waals surface area contributed by atoms with Gasteiger partial charge in [-0.25, -0.2) is 9.97 Å². The Kier molecular flexibility index (Phi) is 3.21. The highest BCUT2D eigenvalue weighted by molar-refractivity contribution is 7.87. The molecule has 1 aliphatic heterocycles. The van der Waals surface area contributed by atoms with E-state index in [1.165, 1.54) is 22.6 Å². The number of amides is 1. The zero-order valence-electron chi connectivity index (χ0n) is 11.3. The summed E-state index contributed by atoms with van der Waals surface area (Å²) in [4.78, 5) is 23.3. The SMILES string of the molecule is Cc1sc2ncnc(N3CC(S(=O)(=O)F)CC3=O)c2c1C. The average molecular weight is 329 g/mol. The molecule has 3 rings (SSSR count). The van der Waals surface area contributed by atoms with Gasteiger partial charge in [-0.1, -0.05) is 0 Å². The predicted molar refractivity (Wildman–Crippen MR) is 77.7 cm³/mol. The Bertz CT molecular complexity index is 847. The molecule has 0 spiro atoms. The summed E-state index contributed by atoms with van der Waals surface area (Å²) in [5.74, 6) is -0.0810. The van der Waals surface area contributed by atoms with E-state index in [9.17, 15) is 17.1 Å². The van der Waals surface area contributed by atoms with Gasteiger partial charge in [0.2, 0.25) is 5.91 Å². The summed E-state index contributed by atoms with van der Waals surface area (Å²) in [5, 5.41) is -0.597. The van der Waals surface area contributed by atoms with Gasteiger partial charge in [-0.15, -0.1) is 15.2 Å². The lowest BCUT2D eigenvalue weighted by atomic mass is 10.2. The molecule has 1 atom stereocenters. The molecule has 0 N–H and O–H groups in total. The number of nitrogens with zero attached hydrogens (tertiary/aromatic N) is 3. The summed E-state index contributed by atoms with van der Waals surface area (Å²) >= 11 is 1.48. The van der Waals surface area contributed by atoms with Crippen LogP contribution in [0, 0.1) is 13.8 Å². The summed E-state index contributed by atoms with van der Waals surface area (Å²) in [5.41, 5.74) is 0.949. The van der Waals surface area contributed by atoms with Crippen molar-refractivity contribution in [1.29, 1.82) is 0 Å². The van der Waals surface area contributed by atoms with Crippen molar-refractivity contribution in [3.05, 3.63) is 16.8 Å². The topological polar surface area (TPSA) is 80.2 Å². The van der Waals surface area contributed by atoms with E-state index in [-0.39, 0.29) is 13.0 Å². The molecular weight excluding hydrogens is 317 g/mol. The molecule has 6 nitrogen and oxygen atoms in total. The predicted octanol–water partition coefficient (Wildman–Crippen LogP) is 1.71. The maximum absolute atomic E-state index is 13.1. The van der Waals surface area contributed by atoms with Gasteiger partial charge in [0.1, 0.15) is 22.2 Å². The molecule has 1 fully saturated rings. The number of anilines is 1. The minimum absolute atomic E-state index is 0.210. The number of fused-ring (bicyclic) bond motifs is 1. The average Bonchev–Trinajstić information content (AvgIpc) is 2.91. The van der Waals surface area contributed by atoms with Gasteiger partial charge in [-0.3, -0.25) is 9.69 Å². The standard InChI is InChI=1S/C12H12FN3O3S2/c1-6-7(2)20-12-10(6)11(14-5-15-12)16-4-8(3-9(16)17)21(13,18)19/h5,8H,3-4H2,1-2H3. The number of hydrogen-bond donors (Lipinski definition) is 0. The van der Waals surface area contributed by atoms with Gasteiger partial charge in [0, 0.05) is 17.8 Å². The van der Waals surface area contributed by atoms with E-state index in [4.69, 9.17) is 0 Å². The zero-order valence-corrected chi connectivity index (χ0v) is 13.0. The lowest BCUT2D eigenvalue weighted by Crippen LogP contribution is -2.28. The minimum atomic E-state index is -4.74. The van der Waals surface area contributed by atoms with E-state index in [1.54, 1.807) is 0 Å². The van der Waals surface area contributed by atoms with E-state index < -0.39 is 21.4 Å². The number of rotatable bonds is 2. The van der Waals surface area contributed by atoms with Crippen LogP contribution in [-0.4, -0.2) is 36.1 Å².